The van der Waals surface area contributed by atoms with Crippen molar-refractivity contribution in [3.05, 3.63) is 52.8 Å². The van der Waals surface area contributed by atoms with Gasteiger partial charge in [-0.05, 0) is 36.1 Å². The Kier molecular flexibility index (Phi) is 4.52. The molecule has 21 heavy (non-hydrogen) atoms. The fourth-order valence-corrected chi connectivity index (χ4v) is 2.67. The van der Waals surface area contributed by atoms with Gasteiger partial charge in [0, 0.05) is 7.05 Å². The van der Waals surface area contributed by atoms with Gasteiger partial charge in [0.15, 0.2) is 0 Å². The number of nitrogens with one attached hydrogen (secondary N) is 1. The van der Waals surface area contributed by atoms with Crippen LogP contribution in [0.5, 0.6) is 0 Å². The topological polar surface area (TPSA) is 29.9 Å². The molecule has 2 rings (SSSR count). The van der Waals surface area contributed by atoms with Gasteiger partial charge in [-0.15, -0.1) is 0 Å². The molecule has 1 unspecified atom stereocenters. The van der Waals surface area contributed by atoms with E-state index < -0.39 is 0 Å². The number of benzene rings is 1. The second-order valence-electron chi connectivity index (χ2n) is 6.70. The molecule has 1 atom stereocenters. The van der Waals surface area contributed by atoms with Gasteiger partial charge in [-0.3, -0.25) is 4.68 Å². The third kappa shape index (κ3) is 3.53. The fraction of sp³-hybridized carbons (Fsp3) is 0.500. The van der Waals surface area contributed by atoms with Crippen molar-refractivity contribution in [1.29, 1.82) is 0 Å². The van der Waals surface area contributed by atoms with Gasteiger partial charge in [0.05, 0.1) is 17.4 Å². The Balaban J connectivity index is 2.37. The van der Waals surface area contributed by atoms with E-state index in [2.05, 4.69) is 68.4 Å². The Labute approximate surface area is 128 Å². The van der Waals surface area contributed by atoms with Crippen LogP contribution in [0, 0.1) is 6.92 Å². The Morgan fingerprint density at radius 1 is 1.19 bits per heavy atom. The van der Waals surface area contributed by atoms with Crippen LogP contribution in [0.4, 0.5) is 0 Å². The van der Waals surface area contributed by atoms with Crippen LogP contribution < -0.4 is 5.32 Å². The molecular weight excluding hydrogens is 258 g/mol. The van der Waals surface area contributed by atoms with Crippen LogP contribution in [0.15, 0.2) is 30.3 Å². The minimum absolute atomic E-state index is 0.190. The summed E-state index contributed by atoms with van der Waals surface area (Å²) in [5.74, 6) is 0. The fourth-order valence-electron chi connectivity index (χ4n) is 2.67. The van der Waals surface area contributed by atoms with E-state index in [-0.39, 0.29) is 11.5 Å². The van der Waals surface area contributed by atoms with Crippen LogP contribution >= 0.6 is 0 Å². The predicted octanol–water partition coefficient (Wildman–Crippen LogP) is 3.72. The van der Waals surface area contributed by atoms with Crippen LogP contribution in [0.3, 0.4) is 0 Å². The molecule has 0 saturated carbocycles. The Bertz CT molecular complexity index is 588. The lowest BCUT2D eigenvalue weighted by Crippen LogP contribution is -2.24. The molecular formula is C18H27N3. The number of hydrogen-bond donors (Lipinski definition) is 1. The molecule has 3 heteroatoms. The molecule has 0 spiro atoms. The molecule has 0 aliphatic heterocycles. The van der Waals surface area contributed by atoms with Gasteiger partial charge in [0.1, 0.15) is 0 Å². The van der Waals surface area contributed by atoms with E-state index >= 15 is 0 Å². The maximum absolute atomic E-state index is 4.47. The summed E-state index contributed by atoms with van der Waals surface area (Å²) < 4.78 is 1.97. The van der Waals surface area contributed by atoms with E-state index in [1.165, 1.54) is 16.8 Å². The summed E-state index contributed by atoms with van der Waals surface area (Å²) in [4.78, 5) is 0. The molecule has 0 amide bonds. The average molecular weight is 285 g/mol. The zero-order valence-electron chi connectivity index (χ0n) is 14.1. The summed E-state index contributed by atoms with van der Waals surface area (Å²) in [5, 5.41) is 8.04. The SMILES string of the molecule is CCNC(c1ccc(C(C)(C)C)cc1)c1cc(C)nn1C. The van der Waals surface area contributed by atoms with Gasteiger partial charge in [-0.2, -0.15) is 5.10 Å². The lowest BCUT2D eigenvalue weighted by atomic mass is 9.86. The molecule has 1 heterocycles. The van der Waals surface area contributed by atoms with Crippen molar-refractivity contribution in [3.8, 4) is 0 Å². The molecule has 1 aromatic heterocycles. The molecule has 0 saturated heterocycles. The normalized spacial score (nSPS) is 13.4. The second-order valence-corrected chi connectivity index (χ2v) is 6.70. The van der Waals surface area contributed by atoms with E-state index in [0.29, 0.717) is 0 Å². The molecule has 0 aliphatic carbocycles. The highest BCUT2D eigenvalue weighted by Gasteiger charge is 2.19. The molecule has 3 nitrogen and oxygen atoms in total. The Hall–Kier alpha value is -1.61. The summed E-state index contributed by atoms with van der Waals surface area (Å²) in [5.41, 5.74) is 5.10. The van der Waals surface area contributed by atoms with Gasteiger partial charge in [0.2, 0.25) is 0 Å². The molecule has 1 N–H and O–H groups in total. The number of hydrogen-bond acceptors (Lipinski definition) is 2. The third-order valence-corrected chi connectivity index (χ3v) is 3.85. The highest BCUT2D eigenvalue weighted by Crippen LogP contribution is 2.27. The first kappa shape index (κ1) is 15.8. The van der Waals surface area contributed by atoms with Crippen molar-refractivity contribution in [2.45, 2.75) is 46.1 Å². The highest BCUT2D eigenvalue weighted by molar-refractivity contribution is 5.33. The van der Waals surface area contributed by atoms with Crippen LogP contribution in [0.25, 0.3) is 0 Å². The van der Waals surface area contributed by atoms with Gasteiger partial charge in [-0.1, -0.05) is 52.0 Å². The minimum atomic E-state index is 0.190. The summed E-state index contributed by atoms with van der Waals surface area (Å²) >= 11 is 0. The zero-order valence-corrected chi connectivity index (χ0v) is 14.1. The van der Waals surface area contributed by atoms with Gasteiger partial charge >= 0.3 is 0 Å². The van der Waals surface area contributed by atoms with Crippen molar-refractivity contribution < 1.29 is 0 Å². The Morgan fingerprint density at radius 2 is 1.81 bits per heavy atom. The van der Waals surface area contributed by atoms with Crippen LogP contribution in [-0.4, -0.2) is 16.3 Å². The van der Waals surface area contributed by atoms with E-state index in [9.17, 15) is 0 Å². The lowest BCUT2D eigenvalue weighted by molar-refractivity contribution is 0.568. The first-order valence-corrected chi connectivity index (χ1v) is 7.67. The number of nitrogens with zero attached hydrogens (tertiary/aromatic N) is 2. The molecule has 0 bridgehead atoms. The van der Waals surface area contributed by atoms with Crippen LogP contribution in [0.1, 0.15) is 56.3 Å². The predicted molar refractivity (Wildman–Crippen MR) is 88.6 cm³/mol. The van der Waals surface area contributed by atoms with E-state index in [0.717, 1.165) is 12.2 Å². The van der Waals surface area contributed by atoms with Crippen molar-refractivity contribution in [1.82, 2.24) is 15.1 Å². The minimum Gasteiger partial charge on any atom is -0.305 e. The molecule has 1 aromatic carbocycles. The summed E-state index contributed by atoms with van der Waals surface area (Å²) in [6, 6.07) is 11.3. The standard InChI is InChI=1S/C18H27N3/c1-7-19-17(16-12-13(2)20-21(16)6)14-8-10-15(11-9-14)18(3,4)5/h8-12,17,19H,7H2,1-6H3. The van der Waals surface area contributed by atoms with Gasteiger partial charge in [0.25, 0.3) is 0 Å². The first-order chi connectivity index (χ1) is 9.82. The first-order valence-electron chi connectivity index (χ1n) is 7.67. The molecule has 0 aliphatic rings. The molecule has 2 aromatic rings. The highest BCUT2D eigenvalue weighted by atomic mass is 15.3. The van der Waals surface area contributed by atoms with E-state index in [4.69, 9.17) is 0 Å². The maximum atomic E-state index is 4.47. The number of aryl methyl sites for hydroxylation is 2. The smallest absolute Gasteiger partial charge is 0.0748 e. The van der Waals surface area contributed by atoms with Crippen molar-refractivity contribution >= 4 is 0 Å². The van der Waals surface area contributed by atoms with Crippen molar-refractivity contribution in [2.75, 3.05) is 6.54 Å². The maximum Gasteiger partial charge on any atom is 0.0748 e. The Morgan fingerprint density at radius 3 is 2.24 bits per heavy atom. The summed E-state index contributed by atoms with van der Waals surface area (Å²) in [7, 11) is 2.01. The summed E-state index contributed by atoms with van der Waals surface area (Å²) in [6.07, 6.45) is 0. The lowest BCUT2D eigenvalue weighted by Gasteiger charge is -2.22. The van der Waals surface area contributed by atoms with Gasteiger partial charge < -0.3 is 5.32 Å². The number of aromatic nitrogens is 2. The molecule has 114 valence electrons. The third-order valence-electron chi connectivity index (χ3n) is 3.85. The van der Waals surface area contributed by atoms with Crippen LogP contribution in [-0.2, 0) is 12.5 Å². The average Bonchev–Trinajstić information content (AvgIpc) is 2.74. The quantitative estimate of drug-likeness (QED) is 0.927. The van der Waals surface area contributed by atoms with E-state index in [1.54, 1.807) is 0 Å². The monoisotopic (exact) mass is 285 g/mol. The zero-order chi connectivity index (χ0) is 15.6. The summed E-state index contributed by atoms with van der Waals surface area (Å²) in [6.45, 7) is 11.8. The molecule has 0 fully saturated rings. The van der Waals surface area contributed by atoms with Crippen molar-refractivity contribution in [2.24, 2.45) is 7.05 Å². The second kappa shape index (κ2) is 6.02. The largest absolute Gasteiger partial charge is 0.305 e. The van der Waals surface area contributed by atoms with E-state index in [1.807, 2.05) is 18.7 Å². The van der Waals surface area contributed by atoms with Crippen LogP contribution in [0.2, 0.25) is 0 Å². The van der Waals surface area contributed by atoms with Gasteiger partial charge in [-0.25, -0.2) is 0 Å². The van der Waals surface area contributed by atoms with Crippen molar-refractivity contribution in [3.63, 3.8) is 0 Å². The number of rotatable bonds is 4. The molecule has 0 radical (unpaired) electrons.